The van der Waals surface area contributed by atoms with Crippen LogP contribution in [0.25, 0.3) is 0 Å². The second-order valence-electron chi connectivity index (χ2n) is 6.62. The first-order valence-corrected chi connectivity index (χ1v) is 10.1. The van der Waals surface area contributed by atoms with Crippen molar-refractivity contribution in [3.8, 4) is 5.75 Å². The molecule has 1 atom stereocenters. The Bertz CT molecular complexity index is 820. The van der Waals surface area contributed by atoms with Crippen LogP contribution in [0.3, 0.4) is 0 Å². The highest BCUT2D eigenvalue weighted by Gasteiger charge is 2.34. The zero-order valence-corrected chi connectivity index (χ0v) is 16.6. The van der Waals surface area contributed by atoms with Crippen molar-refractivity contribution in [1.82, 2.24) is 0 Å². The van der Waals surface area contributed by atoms with E-state index in [0.717, 1.165) is 22.7 Å². The van der Waals surface area contributed by atoms with Crippen molar-refractivity contribution in [2.24, 2.45) is 5.92 Å². The first-order chi connectivity index (χ1) is 13.0. The number of ether oxygens (including phenoxy) is 1. The van der Waals surface area contributed by atoms with Crippen LogP contribution in [0.4, 0.5) is 11.4 Å². The van der Waals surface area contributed by atoms with E-state index >= 15 is 0 Å². The van der Waals surface area contributed by atoms with Crippen molar-refractivity contribution in [3.05, 3.63) is 54.1 Å². The lowest BCUT2D eigenvalue weighted by Crippen LogP contribution is -2.27. The van der Waals surface area contributed by atoms with E-state index in [4.69, 9.17) is 4.74 Å². The molecule has 1 saturated heterocycles. The Balaban J connectivity index is 1.84. The van der Waals surface area contributed by atoms with Gasteiger partial charge in [0.25, 0.3) is 0 Å². The van der Waals surface area contributed by atoms with Gasteiger partial charge in [-0.25, -0.2) is 0 Å². The largest absolute Gasteiger partial charge is 0.494 e. The predicted molar refractivity (Wildman–Crippen MR) is 110 cm³/mol. The van der Waals surface area contributed by atoms with Crippen LogP contribution < -0.4 is 15.0 Å². The molecular formula is C21H24N2O3S. The summed E-state index contributed by atoms with van der Waals surface area (Å²) >= 11 is 1.59. The molecule has 3 rings (SSSR count). The van der Waals surface area contributed by atoms with E-state index < -0.39 is 0 Å². The normalized spacial score (nSPS) is 16.7. The highest BCUT2D eigenvalue weighted by atomic mass is 32.2. The molecule has 1 heterocycles. The molecule has 1 N–H and O–H groups in total. The maximum absolute atomic E-state index is 12.5. The summed E-state index contributed by atoms with van der Waals surface area (Å²) in [4.78, 5) is 26.3. The quantitative estimate of drug-likeness (QED) is 0.799. The van der Waals surface area contributed by atoms with E-state index in [-0.39, 0.29) is 23.1 Å². The summed E-state index contributed by atoms with van der Waals surface area (Å²) in [7, 11) is 0. The lowest BCUT2D eigenvalue weighted by Gasteiger charge is -2.25. The van der Waals surface area contributed by atoms with Crippen molar-refractivity contribution in [1.29, 1.82) is 0 Å². The molecule has 6 heteroatoms. The SMILES string of the molecule is CCOc1ccc(N2C(=O)CS[C@@H]2c2cccc(NC(=O)C(C)C)c2)cc1. The van der Waals surface area contributed by atoms with E-state index in [2.05, 4.69) is 5.32 Å². The number of carbonyl (C=O) groups excluding carboxylic acids is 2. The van der Waals surface area contributed by atoms with Gasteiger partial charge in [0, 0.05) is 17.3 Å². The molecule has 0 unspecified atom stereocenters. The highest BCUT2D eigenvalue weighted by molar-refractivity contribution is 8.00. The summed E-state index contributed by atoms with van der Waals surface area (Å²) in [6.45, 7) is 6.27. The molecule has 142 valence electrons. The Labute approximate surface area is 164 Å². The average molecular weight is 385 g/mol. The van der Waals surface area contributed by atoms with Crippen molar-refractivity contribution in [2.75, 3.05) is 22.6 Å². The molecular weight excluding hydrogens is 360 g/mol. The van der Waals surface area contributed by atoms with Crippen LogP contribution in [-0.2, 0) is 9.59 Å². The summed E-state index contributed by atoms with van der Waals surface area (Å²) < 4.78 is 5.48. The molecule has 27 heavy (non-hydrogen) atoms. The second-order valence-corrected chi connectivity index (χ2v) is 7.69. The number of nitrogens with one attached hydrogen (secondary N) is 1. The Morgan fingerprint density at radius 3 is 2.67 bits per heavy atom. The standard InChI is InChI=1S/C21H24N2O3S/c1-4-26-18-10-8-17(9-11-18)23-19(24)13-27-21(23)15-6-5-7-16(12-15)22-20(25)14(2)3/h5-12,14,21H,4,13H2,1-3H3,(H,22,25)/t21-/m1/s1. The average Bonchev–Trinajstić information content (AvgIpc) is 3.04. The Morgan fingerprint density at radius 2 is 2.00 bits per heavy atom. The molecule has 1 aliphatic heterocycles. The van der Waals surface area contributed by atoms with Crippen LogP contribution in [0.1, 0.15) is 31.7 Å². The van der Waals surface area contributed by atoms with Crippen molar-refractivity contribution in [2.45, 2.75) is 26.1 Å². The minimum atomic E-state index is -0.119. The third kappa shape index (κ3) is 4.45. The van der Waals surface area contributed by atoms with Gasteiger partial charge < -0.3 is 10.1 Å². The molecule has 0 radical (unpaired) electrons. The fourth-order valence-electron chi connectivity index (χ4n) is 2.88. The van der Waals surface area contributed by atoms with Gasteiger partial charge >= 0.3 is 0 Å². The van der Waals surface area contributed by atoms with Crippen molar-refractivity contribution >= 4 is 35.0 Å². The topological polar surface area (TPSA) is 58.6 Å². The highest BCUT2D eigenvalue weighted by Crippen LogP contribution is 2.42. The van der Waals surface area contributed by atoms with E-state index in [1.54, 1.807) is 11.8 Å². The molecule has 0 aliphatic carbocycles. The van der Waals surface area contributed by atoms with Gasteiger partial charge in [0.05, 0.1) is 12.4 Å². The molecule has 2 aromatic rings. The molecule has 2 amide bonds. The van der Waals surface area contributed by atoms with Crippen molar-refractivity contribution in [3.63, 3.8) is 0 Å². The first-order valence-electron chi connectivity index (χ1n) is 9.07. The van der Waals surface area contributed by atoms with Gasteiger partial charge in [-0.05, 0) is 48.9 Å². The predicted octanol–water partition coefficient (Wildman–Crippen LogP) is 4.46. The maximum atomic E-state index is 12.5. The number of nitrogens with zero attached hydrogens (tertiary/aromatic N) is 1. The number of rotatable bonds is 6. The number of thioether (sulfide) groups is 1. The van der Waals surface area contributed by atoms with Crippen LogP contribution in [0, 0.1) is 5.92 Å². The zero-order chi connectivity index (χ0) is 19.4. The molecule has 1 aliphatic rings. The van der Waals surface area contributed by atoms with Gasteiger partial charge in [-0.1, -0.05) is 26.0 Å². The number of hydrogen-bond donors (Lipinski definition) is 1. The van der Waals surface area contributed by atoms with Gasteiger partial charge in [0.15, 0.2) is 0 Å². The number of anilines is 2. The van der Waals surface area contributed by atoms with Crippen LogP contribution >= 0.6 is 11.8 Å². The summed E-state index contributed by atoms with van der Waals surface area (Å²) in [5, 5.41) is 2.81. The Hall–Kier alpha value is -2.47. The molecule has 0 aromatic heterocycles. The third-order valence-corrected chi connectivity index (χ3v) is 5.47. The van der Waals surface area contributed by atoms with Gasteiger partial charge in [0.2, 0.25) is 11.8 Å². The van der Waals surface area contributed by atoms with Gasteiger partial charge in [-0.2, -0.15) is 0 Å². The van der Waals surface area contributed by atoms with Gasteiger partial charge in [0.1, 0.15) is 11.1 Å². The van der Waals surface area contributed by atoms with E-state index in [1.165, 1.54) is 0 Å². The fourth-order valence-corrected chi connectivity index (χ4v) is 4.04. The Morgan fingerprint density at radius 1 is 1.26 bits per heavy atom. The molecule has 1 fully saturated rings. The number of amides is 2. The summed E-state index contributed by atoms with van der Waals surface area (Å²) in [5.74, 6) is 1.18. The fraction of sp³-hybridized carbons (Fsp3) is 0.333. The zero-order valence-electron chi connectivity index (χ0n) is 15.8. The lowest BCUT2D eigenvalue weighted by atomic mass is 10.1. The van der Waals surface area contributed by atoms with E-state index in [0.29, 0.717) is 12.4 Å². The molecule has 0 saturated carbocycles. The third-order valence-electron chi connectivity index (χ3n) is 4.26. The monoisotopic (exact) mass is 384 g/mol. The molecule has 2 aromatic carbocycles. The van der Waals surface area contributed by atoms with Crippen LogP contribution in [0.5, 0.6) is 5.75 Å². The smallest absolute Gasteiger partial charge is 0.238 e. The summed E-state index contributed by atoms with van der Waals surface area (Å²) in [5.41, 5.74) is 2.58. The van der Waals surface area contributed by atoms with Crippen LogP contribution in [0.2, 0.25) is 0 Å². The first kappa shape index (κ1) is 19.3. The van der Waals surface area contributed by atoms with Crippen LogP contribution in [0.15, 0.2) is 48.5 Å². The lowest BCUT2D eigenvalue weighted by molar-refractivity contribution is -0.119. The minimum absolute atomic E-state index is 0.0225. The van der Waals surface area contributed by atoms with Gasteiger partial charge in [-0.3, -0.25) is 14.5 Å². The second kappa shape index (κ2) is 8.48. The van der Waals surface area contributed by atoms with Crippen LogP contribution in [-0.4, -0.2) is 24.2 Å². The molecule has 0 spiro atoms. The van der Waals surface area contributed by atoms with E-state index in [1.807, 2.05) is 74.2 Å². The number of benzene rings is 2. The summed E-state index contributed by atoms with van der Waals surface area (Å²) in [6.07, 6.45) is 0. The molecule has 5 nitrogen and oxygen atoms in total. The minimum Gasteiger partial charge on any atom is -0.494 e. The van der Waals surface area contributed by atoms with E-state index in [9.17, 15) is 9.59 Å². The summed E-state index contributed by atoms with van der Waals surface area (Å²) in [6, 6.07) is 15.3. The maximum Gasteiger partial charge on any atom is 0.238 e. The number of hydrogen-bond acceptors (Lipinski definition) is 4. The molecule has 0 bridgehead atoms. The number of carbonyl (C=O) groups is 2. The van der Waals surface area contributed by atoms with Crippen molar-refractivity contribution < 1.29 is 14.3 Å². The Kier molecular flexibility index (Phi) is 6.06. The van der Waals surface area contributed by atoms with Gasteiger partial charge in [-0.15, -0.1) is 11.8 Å².